The second kappa shape index (κ2) is 7.05. The Morgan fingerprint density at radius 3 is 2.42 bits per heavy atom. The Kier molecular flexibility index (Phi) is 4.81. The lowest BCUT2D eigenvalue weighted by molar-refractivity contribution is 0.0696. The van der Waals surface area contributed by atoms with Gasteiger partial charge in [-0.25, -0.2) is 13.2 Å². The molecule has 0 saturated carbocycles. The molecule has 1 aromatic heterocycles. The van der Waals surface area contributed by atoms with Gasteiger partial charge in [0.25, 0.3) is 10.0 Å². The molecule has 26 heavy (non-hydrogen) atoms. The van der Waals surface area contributed by atoms with Crippen LogP contribution in [0.3, 0.4) is 0 Å². The van der Waals surface area contributed by atoms with Crippen molar-refractivity contribution in [1.29, 1.82) is 0 Å². The summed E-state index contributed by atoms with van der Waals surface area (Å²) in [6.07, 6.45) is 1.47. The van der Waals surface area contributed by atoms with Crippen LogP contribution in [-0.2, 0) is 16.6 Å². The molecule has 0 bridgehead atoms. The highest BCUT2D eigenvalue weighted by Gasteiger charge is 2.27. The molecule has 1 heterocycles. The van der Waals surface area contributed by atoms with E-state index in [9.17, 15) is 18.3 Å². The molecule has 0 aliphatic heterocycles. The number of para-hydroxylation sites is 1. The smallest absolute Gasteiger partial charge is 0.335 e. The molecule has 1 N–H and O–H groups in total. The molecule has 0 aliphatic rings. The van der Waals surface area contributed by atoms with E-state index >= 15 is 0 Å². The summed E-state index contributed by atoms with van der Waals surface area (Å²) in [7, 11) is -3.99. The van der Waals surface area contributed by atoms with Crippen LogP contribution in [0.1, 0.15) is 21.7 Å². The van der Waals surface area contributed by atoms with Crippen LogP contribution in [0.15, 0.2) is 76.2 Å². The zero-order chi connectivity index (χ0) is 18.7. The third-order valence-corrected chi connectivity index (χ3v) is 5.72. The molecule has 134 valence electrons. The molecule has 0 unspecified atom stereocenters. The maximum atomic E-state index is 13.2. The Hall–Kier alpha value is -3.06. The van der Waals surface area contributed by atoms with Crippen molar-refractivity contribution in [1.82, 2.24) is 0 Å². The van der Waals surface area contributed by atoms with Crippen LogP contribution in [0.25, 0.3) is 0 Å². The van der Waals surface area contributed by atoms with Crippen LogP contribution in [0, 0.1) is 6.92 Å². The largest absolute Gasteiger partial charge is 0.478 e. The van der Waals surface area contributed by atoms with Gasteiger partial charge in [0.15, 0.2) is 0 Å². The number of aryl methyl sites for hydroxylation is 1. The van der Waals surface area contributed by atoms with Gasteiger partial charge >= 0.3 is 5.97 Å². The van der Waals surface area contributed by atoms with Gasteiger partial charge in [0.05, 0.1) is 29.0 Å². The summed E-state index contributed by atoms with van der Waals surface area (Å²) in [4.78, 5) is 11.3. The first-order chi connectivity index (χ1) is 12.4. The maximum Gasteiger partial charge on any atom is 0.335 e. The van der Waals surface area contributed by atoms with Gasteiger partial charge < -0.3 is 9.52 Å². The number of anilines is 1. The molecule has 3 rings (SSSR count). The van der Waals surface area contributed by atoms with Crippen LogP contribution < -0.4 is 4.31 Å². The number of sulfonamides is 1. The van der Waals surface area contributed by atoms with Crippen molar-refractivity contribution in [2.45, 2.75) is 18.4 Å². The summed E-state index contributed by atoms with van der Waals surface area (Å²) in [5.41, 5.74) is 0.909. The Labute approximate surface area is 151 Å². The summed E-state index contributed by atoms with van der Waals surface area (Å²) in [6.45, 7) is 1.62. The van der Waals surface area contributed by atoms with E-state index in [0.717, 1.165) is 0 Å². The molecule has 0 radical (unpaired) electrons. The third kappa shape index (κ3) is 3.48. The Balaban J connectivity index is 2.10. The zero-order valence-electron chi connectivity index (χ0n) is 14.0. The van der Waals surface area contributed by atoms with Crippen LogP contribution >= 0.6 is 0 Å². The average molecular weight is 371 g/mol. The number of hydrogen-bond donors (Lipinski definition) is 1. The molecule has 0 spiro atoms. The summed E-state index contributed by atoms with van der Waals surface area (Å²) >= 11 is 0. The van der Waals surface area contributed by atoms with Crippen molar-refractivity contribution in [3.63, 3.8) is 0 Å². The number of furan rings is 1. The fourth-order valence-electron chi connectivity index (χ4n) is 2.57. The van der Waals surface area contributed by atoms with E-state index in [-0.39, 0.29) is 17.0 Å². The Morgan fingerprint density at radius 1 is 1.08 bits per heavy atom. The topological polar surface area (TPSA) is 87.8 Å². The maximum absolute atomic E-state index is 13.2. The van der Waals surface area contributed by atoms with Crippen molar-refractivity contribution < 1.29 is 22.7 Å². The quantitative estimate of drug-likeness (QED) is 0.714. The molecular weight excluding hydrogens is 354 g/mol. The number of carbonyl (C=O) groups is 1. The highest BCUT2D eigenvalue weighted by Crippen LogP contribution is 2.27. The summed E-state index contributed by atoms with van der Waals surface area (Å²) in [5.74, 6) is -0.695. The van der Waals surface area contributed by atoms with E-state index in [1.807, 2.05) is 0 Å². The molecule has 0 amide bonds. The fraction of sp³-hybridized carbons (Fsp3) is 0.105. The molecule has 0 atom stereocenters. The van der Waals surface area contributed by atoms with Gasteiger partial charge in [-0.05, 0) is 48.9 Å². The number of rotatable bonds is 6. The number of carboxylic acid groups (broad SMARTS) is 1. The third-order valence-electron chi connectivity index (χ3n) is 3.95. The zero-order valence-corrected chi connectivity index (χ0v) is 14.8. The van der Waals surface area contributed by atoms with Crippen LogP contribution in [0.5, 0.6) is 0 Å². The minimum atomic E-state index is -3.99. The number of benzene rings is 2. The first kappa shape index (κ1) is 17.8. The fourth-order valence-corrected chi connectivity index (χ4v) is 4.03. The lowest BCUT2D eigenvalue weighted by atomic mass is 10.1. The predicted molar refractivity (Wildman–Crippen MR) is 96.7 cm³/mol. The van der Waals surface area contributed by atoms with Crippen LogP contribution in [-0.4, -0.2) is 19.5 Å². The number of hydrogen-bond acceptors (Lipinski definition) is 4. The van der Waals surface area contributed by atoms with Crippen molar-refractivity contribution in [3.8, 4) is 0 Å². The molecule has 7 heteroatoms. The second-order valence-electron chi connectivity index (χ2n) is 5.71. The number of aromatic carboxylic acids is 1. The SMILES string of the molecule is Cc1ccc(S(=O)(=O)N(Cc2ccco2)c2ccccc2)cc1C(=O)O. The van der Waals surface area contributed by atoms with E-state index in [2.05, 4.69) is 0 Å². The molecule has 0 saturated heterocycles. The van der Waals surface area contributed by atoms with Crippen molar-refractivity contribution in [2.24, 2.45) is 0 Å². The van der Waals surface area contributed by atoms with E-state index in [1.165, 1.54) is 28.8 Å². The second-order valence-corrected chi connectivity index (χ2v) is 7.57. The van der Waals surface area contributed by atoms with E-state index in [4.69, 9.17) is 4.42 Å². The van der Waals surface area contributed by atoms with E-state index in [1.54, 1.807) is 49.4 Å². The van der Waals surface area contributed by atoms with E-state index < -0.39 is 16.0 Å². The van der Waals surface area contributed by atoms with Crippen molar-refractivity contribution in [3.05, 3.63) is 83.8 Å². The van der Waals surface area contributed by atoms with Gasteiger partial charge in [0.2, 0.25) is 0 Å². The highest BCUT2D eigenvalue weighted by molar-refractivity contribution is 7.92. The lowest BCUT2D eigenvalue weighted by Gasteiger charge is -2.24. The first-order valence-electron chi connectivity index (χ1n) is 7.84. The minimum Gasteiger partial charge on any atom is -0.478 e. The molecule has 0 aliphatic carbocycles. The van der Waals surface area contributed by atoms with Crippen molar-refractivity contribution >= 4 is 21.7 Å². The summed E-state index contributed by atoms with van der Waals surface area (Å²) in [5, 5.41) is 9.30. The van der Waals surface area contributed by atoms with Gasteiger partial charge in [0, 0.05) is 0 Å². The predicted octanol–water partition coefficient (Wildman–Crippen LogP) is 3.68. The Morgan fingerprint density at radius 2 is 1.81 bits per heavy atom. The first-order valence-corrected chi connectivity index (χ1v) is 9.28. The molecule has 0 fully saturated rings. The lowest BCUT2D eigenvalue weighted by Crippen LogP contribution is -2.30. The normalized spacial score (nSPS) is 11.3. The monoisotopic (exact) mass is 371 g/mol. The average Bonchev–Trinajstić information content (AvgIpc) is 3.13. The van der Waals surface area contributed by atoms with Gasteiger partial charge in [0.1, 0.15) is 5.76 Å². The van der Waals surface area contributed by atoms with Gasteiger partial charge in [-0.1, -0.05) is 24.3 Å². The number of nitrogens with zero attached hydrogens (tertiary/aromatic N) is 1. The van der Waals surface area contributed by atoms with E-state index in [0.29, 0.717) is 17.0 Å². The Bertz CT molecular complexity index is 1010. The highest BCUT2D eigenvalue weighted by atomic mass is 32.2. The van der Waals surface area contributed by atoms with Gasteiger partial charge in [-0.15, -0.1) is 0 Å². The van der Waals surface area contributed by atoms with Crippen molar-refractivity contribution in [2.75, 3.05) is 4.31 Å². The van der Waals surface area contributed by atoms with Gasteiger partial charge in [-0.2, -0.15) is 0 Å². The minimum absolute atomic E-state index is 0.00434. The van der Waals surface area contributed by atoms with Gasteiger partial charge in [-0.3, -0.25) is 4.31 Å². The number of carboxylic acids is 1. The van der Waals surface area contributed by atoms with Crippen LogP contribution in [0.4, 0.5) is 5.69 Å². The summed E-state index contributed by atoms with van der Waals surface area (Å²) < 4.78 is 33.0. The van der Waals surface area contributed by atoms with Crippen LogP contribution in [0.2, 0.25) is 0 Å². The summed E-state index contributed by atoms with van der Waals surface area (Å²) in [6, 6.07) is 16.1. The molecular formula is C19H17NO5S. The molecule has 2 aromatic carbocycles. The standard InChI is InChI=1S/C19H17NO5S/c1-14-9-10-17(12-18(14)19(21)22)26(23,24)20(13-16-8-5-11-25-16)15-6-3-2-4-7-15/h2-12H,13H2,1H3,(H,21,22). The molecule has 3 aromatic rings. The molecule has 6 nitrogen and oxygen atoms in total.